The minimum Gasteiger partial charge on any atom is -0.392 e. The third kappa shape index (κ3) is 3.15. The fourth-order valence-corrected chi connectivity index (χ4v) is 4.60. The topological polar surface area (TPSA) is 41.3 Å². The maximum absolute atomic E-state index is 13.8. The van der Waals surface area contributed by atoms with Gasteiger partial charge >= 0.3 is 0 Å². The van der Waals surface area contributed by atoms with Gasteiger partial charge in [0.05, 0.1) is 12.1 Å². The Hall–Kier alpha value is -3.18. The van der Waals surface area contributed by atoms with Crippen LogP contribution in [0.2, 0.25) is 0 Å². The summed E-state index contributed by atoms with van der Waals surface area (Å²) < 4.78 is 16.0. The lowest BCUT2D eigenvalue weighted by Crippen LogP contribution is -2.31. The number of rotatable bonds is 4. The highest BCUT2D eigenvalue weighted by molar-refractivity contribution is 5.93. The van der Waals surface area contributed by atoms with Crippen LogP contribution in [0.4, 0.5) is 10.2 Å². The summed E-state index contributed by atoms with van der Waals surface area (Å²) in [4.78, 5) is 7.07. The second kappa shape index (κ2) is 7.58. The van der Waals surface area contributed by atoms with Gasteiger partial charge in [-0.05, 0) is 48.2 Å². The zero-order valence-corrected chi connectivity index (χ0v) is 17.0. The molecule has 0 atom stereocenters. The molecule has 5 heteroatoms. The summed E-state index contributed by atoms with van der Waals surface area (Å²) in [7, 11) is 0. The molecule has 1 N–H and O–H groups in total. The van der Waals surface area contributed by atoms with E-state index in [4.69, 9.17) is 4.98 Å². The fraction of sp³-hybridized carbons (Fsp3) is 0.240. The summed E-state index contributed by atoms with van der Waals surface area (Å²) in [6.07, 6.45) is 2.80. The predicted octanol–water partition coefficient (Wildman–Crippen LogP) is 4.59. The van der Waals surface area contributed by atoms with Crippen LogP contribution in [0, 0.1) is 12.7 Å². The van der Waals surface area contributed by atoms with Crippen molar-refractivity contribution in [3.63, 3.8) is 0 Å². The van der Waals surface area contributed by atoms with Gasteiger partial charge in [0.2, 0.25) is 0 Å². The molecule has 3 heterocycles. The van der Waals surface area contributed by atoms with E-state index in [9.17, 15) is 9.50 Å². The summed E-state index contributed by atoms with van der Waals surface area (Å²) >= 11 is 0. The molecule has 4 aromatic rings. The smallest absolute Gasteiger partial charge is 0.153 e. The van der Waals surface area contributed by atoms with Crippen LogP contribution in [0.5, 0.6) is 0 Å². The van der Waals surface area contributed by atoms with E-state index in [2.05, 4.69) is 33.7 Å². The van der Waals surface area contributed by atoms with Gasteiger partial charge in [-0.1, -0.05) is 36.4 Å². The molecule has 5 rings (SSSR count). The van der Waals surface area contributed by atoms with E-state index >= 15 is 0 Å². The highest BCUT2D eigenvalue weighted by Gasteiger charge is 2.23. The number of benzene rings is 2. The second-order valence-corrected chi connectivity index (χ2v) is 7.91. The van der Waals surface area contributed by atoms with E-state index in [0.717, 1.165) is 53.1 Å². The van der Waals surface area contributed by atoms with Crippen LogP contribution in [-0.4, -0.2) is 21.2 Å². The summed E-state index contributed by atoms with van der Waals surface area (Å²) in [6, 6.07) is 17.2. The third-order valence-electron chi connectivity index (χ3n) is 6.16. The first kappa shape index (κ1) is 18.8. The van der Waals surface area contributed by atoms with Gasteiger partial charge in [0.25, 0.3) is 0 Å². The van der Waals surface area contributed by atoms with Gasteiger partial charge in [0, 0.05) is 42.5 Å². The molecule has 0 bridgehead atoms. The first-order valence-electron chi connectivity index (χ1n) is 10.3. The van der Waals surface area contributed by atoms with Gasteiger partial charge in [-0.25, -0.2) is 9.37 Å². The Labute approximate surface area is 175 Å². The van der Waals surface area contributed by atoms with Gasteiger partial charge in [-0.2, -0.15) is 0 Å². The van der Waals surface area contributed by atoms with Gasteiger partial charge in [-0.3, -0.25) is 0 Å². The van der Waals surface area contributed by atoms with E-state index in [1.807, 2.05) is 25.3 Å². The highest BCUT2D eigenvalue weighted by atomic mass is 19.1. The van der Waals surface area contributed by atoms with Crippen LogP contribution in [0.25, 0.3) is 10.9 Å². The van der Waals surface area contributed by atoms with Crippen LogP contribution < -0.4 is 4.90 Å². The molecule has 0 unspecified atom stereocenters. The molecule has 30 heavy (non-hydrogen) atoms. The van der Waals surface area contributed by atoms with E-state index < -0.39 is 0 Å². The van der Waals surface area contributed by atoms with Crippen molar-refractivity contribution in [1.82, 2.24) is 9.55 Å². The van der Waals surface area contributed by atoms with Crippen molar-refractivity contribution in [2.24, 2.45) is 0 Å². The molecule has 4 nitrogen and oxygen atoms in total. The minimum atomic E-state index is -0.241. The molecular formula is C25H24FN3O. The average Bonchev–Trinajstić information content (AvgIpc) is 3.04. The minimum absolute atomic E-state index is 0.0369. The van der Waals surface area contributed by atoms with Gasteiger partial charge in [-0.15, -0.1) is 0 Å². The number of aromatic nitrogens is 2. The number of anilines is 1. The molecule has 0 spiro atoms. The highest BCUT2D eigenvalue weighted by Crippen LogP contribution is 2.34. The van der Waals surface area contributed by atoms with E-state index in [1.165, 1.54) is 17.2 Å². The lowest BCUT2D eigenvalue weighted by Gasteiger charge is -2.30. The van der Waals surface area contributed by atoms with Gasteiger partial charge in [0.15, 0.2) is 5.82 Å². The number of halogens is 1. The van der Waals surface area contributed by atoms with Crippen LogP contribution in [0.1, 0.15) is 27.9 Å². The van der Waals surface area contributed by atoms with E-state index in [-0.39, 0.29) is 12.4 Å². The van der Waals surface area contributed by atoms with Crippen molar-refractivity contribution in [1.29, 1.82) is 0 Å². The Bertz CT molecular complexity index is 1230. The van der Waals surface area contributed by atoms with Crippen molar-refractivity contribution in [2.45, 2.75) is 33.0 Å². The molecule has 0 amide bonds. The van der Waals surface area contributed by atoms with Crippen LogP contribution in [0.3, 0.4) is 0 Å². The summed E-state index contributed by atoms with van der Waals surface area (Å²) in [5.41, 5.74) is 6.50. The monoisotopic (exact) mass is 401 g/mol. The zero-order chi connectivity index (χ0) is 20.7. The number of aliphatic hydroxyl groups is 1. The van der Waals surface area contributed by atoms with E-state index in [1.54, 1.807) is 12.1 Å². The van der Waals surface area contributed by atoms with E-state index in [0.29, 0.717) is 6.54 Å². The summed E-state index contributed by atoms with van der Waals surface area (Å²) in [5.74, 6) is 0.677. The molecule has 0 radical (unpaired) electrons. The third-order valence-corrected chi connectivity index (χ3v) is 6.16. The van der Waals surface area contributed by atoms with Gasteiger partial charge in [0.1, 0.15) is 5.82 Å². The first-order chi connectivity index (χ1) is 14.7. The average molecular weight is 401 g/mol. The largest absolute Gasteiger partial charge is 0.392 e. The standard InChI is InChI=1S/C25H24FN3O/c1-17-23(16-30)22-9-11-27-25(28-12-10-19-6-2-3-7-20(19)15-28)24(22)29(17)14-18-5-4-8-21(26)13-18/h2-9,11,13,30H,10,12,14-16H2,1H3. The second-order valence-electron chi connectivity index (χ2n) is 7.91. The number of hydrogen-bond acceptors (Lipinski definition) is 3. The Balaban J connectivity index is 1.64. The van der Waals surface area contributed by atoms with Crippen molar-refractivity contribution in [2.75, 3.05) is 11.4 Å². The van der Waals surface area contributed by atoms with Crippen molar-refractivity contribution in [3.05, 3.63) is 94.6 Å². The molecule has 0 saturated carbocycles. The molecular weight excluding hydrogens is 377 g/mol. The fourth-order valence-electron chi connectivity index (χ4n) is 4.60. The SMILES string of the molecule is Cc1c(CO)c2ccnc(N3CCc4ccccc4C3)c2n1Cc1cccc(F)c1. The van der Waals surface area contributed by atoms with Crippen molar-refractivity contribution in [3.8, 4) is 0 Å². The Morgan fingerprint density at radius 1 is 1.07 bits per heavy atom. The molecule has 0 saturated heterocycles. The molecule has 2 aromatic heterocycles. The number of hydrogen-bond donors (Lipinski definition) is 1. The lowest BCUT2D eigenvalue weighted by atomic mass is 10.00. The number of nitrogens with zero attached hydrogens (tertiary/aromatic N) is 3. The maximum atomic E-state index is 13.8. The Kier molecular flexibility index (Phi) is 4.75. The van der Waals surface area contributed by atoms with Crippen molar-refractivity contribution < 1.29 is 9.50 Å². The van der Waals surface area contributed by atoms with Crippen LogP contribution in [-0.2, 0) is 26.1 Å². The molecule has 1 aliphatic heterocycles. The first-order valence-corrected chi connectivity index (χ1v) is 10.3. The maximum Gasteiger partial charge on any atom is 0.153 e. The quantitative estimate of drug-likeness (QED) is 0.544. The molecule has 152 valence electrons. The van der Waals surface area contributed by atoms with Crippen LogP contribution in [0.15, 0.2) is 60.8 Å². The molecule has 2 aromatic carbocycles. The summed E-state index contributed by atoms with van der Waals surface area (Å²) in [6.45, 7) is 4.21. The van der Waals surface area contributed by atoms with Gasteiger partial charge < -0.3 is 14.6 Å². The lowest BCUT2D eigenvalue weighted by molar-refractivity contribution is 0.282. The molecule has 0 fully saturated rings. The normalized spacial score (nSPS) is 13.6. The number of pyridine rings is 1. The molecule has 1 aliphatic rings. The number of fused-ring (bicyclic) bond motifs is 2. The zero-order valence-electron chi connectivity index (χ0n) is 17.0. The Morgan fingerprint density at radius 2 is 1.90 bits per heavy atom. The predicted molar refractivity (Wildman–Crippen MR) is 117 cm³/mol. The number of aliphatic hydroxyl groups excluding tert-OH is 1. The molecule has 0 aliphatic carbocycles. The Morgan fingerprint density at radius 3 is 2.70 bits per heavy atom. The van der Waals surface area contributed by atoms with Crippen molar-refractivity contribution >= 4 is 16.7 Å². The van der Waals surface area contributed by atoms with Crippen LogP contribution >= 0.6 is 0 Å². The summed E-state index contributed by atoms with van der Waals surface area (Å²) in [5, 5.41) is 11.1.